The van der Waals surface area contributed by atoms with Gasteiger partial charge in [-0.1, -0.05) is 24.1 Å². The summed E-state index contributed by atoms with van der Waals surface area (Å²) in [5.74, 6) is -0.908. The molecule has 1 saturated heterocycles. The van der Waals surface area contributed by atoms with E-state index in [1.807, 2.05) is 19.1 Å². The van der Waals surface area contributed by atoms with E-state index in [1.165, 1.54) is 28.6 Å². The first-order valence-corrected chi connectivity index (χ1v) is 14.3. The highest BCUT2D eigenvalue weighted by Gasteiger charge is 2.25. The molecule has 3 aromatic carbocycles. The van der Waals surface area contributed by atoms with Gasteiger partial charge in [0.15, 0.2) is 0 Å². The largest absolute Gasteiger partial charge is 0.350 e. The van der Waals surface area contributed by atoms with Gasteiger partial charge in [-0.25, -0.2) is 8.42 Å². The van der Waals surface area contributed by atoms with Crippen molar-refractivity contribution in [1.29, 1.82) is 0 Å². The summed E-state index contributed by atoms with van der Waals surface area (Å²) in [6, 6.07) is 19.6. The maximum Gasteiger partial charge on any atom is 0.255 e. The number of carbonyl (C=O) groups is 3. The summed E-state index contributed by atoms with van der Waals surface area (Å²) in [6.07, 6.45) is 2.75. The molecule has 4 rings (SSSR count). The Morgan fingerprint density at radius 1 is 0.667 bits per heavy atom. The van der Waals surface area contributed by atoms with Crippen molar-refractivity contribution < 1.29 is 22.8 Å². The van der Waals surface area contributed by atoms with Crippen molar-refractivity contribution in [3.05, 3.63) is 95.1 Å². The van der Waals surface area contributed by atoms with Crippen LogP contribution in [0, 0.1) is 6.92 Å². The van der Waals surface area contributed by atoms with Crippen molar-refractivity contribution >= 4 is 33.4 Å². The molecule has 0 aromatic heterocycles. The van der Waals surface area contributed by atoms with E-state index in [-0.39, 0.29) is 35.7 Å². The smallest absolute Gasteiger partial charge is 0.255 e. The van der Waals surface area contributed by atoms with Gasteiger partial charge in [-0.2, -0.15) is 4.31 Å². The van der Waals surface area contributed by atoms with E-state index in [0.717, 1.165) is 24.8 Å². The van der Waals surface area contributed by atoms with Crippen molar-refractivity contribution in [2.45, 2.75) is 31.1 Å². The van der Waals surface area contributed by atoms with Crippen LogP contribution in [0.3, 0.4) is 0 Å². The molecule has 10 heteroatoms. The second-order valence-electron chi connectivity index (χ2n) is 9.40. The molecule has 3 aromatic rings. The van der Waals surface area contributed by atoms with Gasteiger partial charge < -0.3 is 16.0 Å². The predicted molar refractivity (Wildman–Crippen MR) is 149 cm³/mol. The fraction of sp³-hybridized carbons (Fsp3) is 0.276. The highest BCUT2D eigenvalue weighted by atomic mass is 32.2. The molecule has 1 aliphatic heterocycles. The number of nitrogens with zero attached hydrogens (tertiary/aromatic N) is 1. The Morgan fingerprint density at radius 2 is 1.13 bits per heavy atom. The van der Waals surface area contributed by atoms with Crippen molar-refractivity contribution in [3.8, 4) is 0 Å². The van der Waals surface area contributed by atoms with Gasteiger partial charge in [0.05, 0.1) is 4.90 Å². The van der Waals surface area contributed by atoms with E-state index in [1.54, 1.807) is 36.4 Å². The van der Waals surface area contributed by atoms with Gasteiger partial charge in [-0.3, -0.25) is 14.4 Å². The van der Waals surface area contributed by atoms with Crippen LogP contribution in [0.1, 0.15) is 55.9 Å². The summed E-state index contributed by atoms with van der Waals surface area (Å²) in [4.78, 5) is 37.4. The molecule has 1 aliphatic rings. The average Bonchev–Trinajstić information content (AvgIpc) is 2.96. The molecule has 0 radical (unpaired) electrons. The Morgan fingerprint density at radius 3 is 1.67 bits per heavy atom. The third kappa shape index (κ3) is 7.30. The summed E-state index contributed by atoms with van der Waals surface area (Å²) in [5.41, 5.74) is 2.93. The van der Waals surface area contributed by atoms with E-state index in [2.05, 4.69) is 16.0 Å². The van der Waals surface area contributed by atoms with Gasteiger partial charge in [-0.15, -0.1) is 0 Å². The Kier molecular flexibility index (Phi) is 9.11. The highest BCUT2D eigenvalue weighted by Crippen LogP contribution is 2.21. The molecule has 39 heavy (non-hydrogen) atoms. The van der Waals surface area contributed by atoms with Crippen LogP contribution in [0.5, 0.6) is 0 Å². The summed E-state index contributed by atoms with van der Waals surface area (Å²) in [6.45, 7) is 3.39. The number of nitrogens with one attached hydrogen (secondary N) is 3. The third-order valence-corrected chi connectivity index (χ3v) is 8.40. The first-order chi connectivity index (χ1) is 18.7. The summed E-state index contributed by atoms with van der Waals surface area (Å²) in [7, 11) is -3.55. The number of hydrogen-bond acceptors (Lipinski definition) is 5. The number of benzene rings is 3. The topological polar surface area (TPSA) is 125 Å². The average molecular weight is 549 g/mol. The molecule has 0 atom stereocenters. The third-order valence-electron chi connectivity index (χ3n) is 6.48. The number of piperidine rings is 1. The molecule has 3 amide bonds. The molecule has 0 spiro atoms. The summed E-state index contributed by atoms with van der Waals surface area (Å²) >= 11 is 0. The standard InChI is InChI=1S/C29H32N4O5S/c1-21-5-7-24(8-6-21)29(36)32-25-13-9-22(10-14-25)27(34)30-17-18-31-28(35)23-11-15-26(16-12-23)39(37,38)33-19-3-2-4-20-33/h5-16H,2-4,17-20H2,1H3,(H,30,34)(H,31,35)(H,32,36). The zero-order chi connectivity index (χ0) is 27.8. The first kappa shape index (κ1) is 28.0. The van der Waals surface area contributed by atoms with Crippen LogP contribution in [-0.4, -0.2) is 56.6 Å². The molecule has 0 aliphatic carbocycles. The lowest BCUT2D eigenvalue weighted by atomic mass is 10.1. The first-order valence-electron chi connectivity index (χ1n) is 12.9. The zero-order valence-corrected chi connectivity index (χ0v) is 22.6. The predicted octanol–water partition coefficient (Wildman–Crippen LogP) is 3.58. The van der Waals surface area contributed by atoms with Crippen LogP contribution in [0.15, 0.2) is 77.7 Å². The number of amides is 3. The second kappa shape index (κ2) is 12.7. The Hall–Kier alpha value is -4.02. The van der Waals surface area contributed by atoms with Gasteiger partial charge in [0, 0.05) is 48.6 Å². The molecular formula is C29H32N4O5S. The van der Waals surface area contributed by atoms with Crippen molar-refractivity contribution in [1.82, 2.24) is 14.9 Å². The lowest BCUT2D eigenvalue weighted by Gasteiger charge is -2.25. The van der Waals surface area contributed by atoms with E-state index in [9.17, 15) is 22.8 Å². The minimum Gasteiger partial charge on any atom is -0.350 e. The Bertz CT molecular complexity index is 1410. The van der Waals surface area contributed by atoms with Crippen molar-refractivity contribution in [2.75, 3.05) is 31.5 Å². The van der Waals surface area contributed by atoms with E-state index >= 15 is 0 Å². The normalized spacial score (nSPS) is 13.9. The van der Waals surface area contributed by atoms with Crippen LogP contribution in [-0.2, 0) is 10.0 Å². The van der Waals surface area contributed by atoms with Crippen LogP contribution >= 0.6 is 0 Å². The quantitative estimate of drug-likeness (QED) is 0.353. The lowest BCUT2D eigenvalue weighted by Crippen LogP contribution is -2.36. The number of rotatable bonds is 9. The van der Waals surface area contributed by atoms with Crippen molar-refractivity contribution in [3.63, 3.8) is 0 Å². The van der Waals surface area contributed by atoms with Crippen LogP contribution < -0.4 is 16.0 Å². The van der Waals surface area contributed by atoms with Gasteiger partial charge in [0.2, 0.25) is 10.0 Å². The van der Waals surface area contributed by atoms with E-state index < -0.39 is 10.0 Å². The number of hydrogen-bond donors (Lipinski definition) is 3. The molecule has 0 bridgehead atoms. The number of sulfonamides is 1. The molecule has 0 saturated carbocycles. The molecule has 9 nitrogen and oxygen atoms in total. The molecule has 204 valence electrons. The monoisotopic (exact) mass is 548 g/mol. The molecule has 3 N–H and O–H groups in total. The lowest BCUT2D eigenvalue weighted by molar-refractivity contribution is 0.0927. The number of carbonyl (C=O) groups excluding carboxylic acids is 3. The van der Waals surface area contributed by atoms with Crippen LogP contribution in [0.2, 0.25) is 0 Å². The van der Waals surface area contributed by atoms with E-state index in [0.29, 0.717) is 35.5 Å². The molecule has 1 fully saturated rings. The minimum atomic E-state index is -3.55. The fourth-order valence-electron chi connectivity index (χ4n) is 4.20. The highest BCUT2D eigenvalue weighted by molar-refractivity contribution is 7.89. The maximum absolute atomic E-state index is 12.8. The minimum absolute atomic E-state index is 0.175. The Balaban J connectivity index is 1.21. The fourth-order valence-corrected chi connectivity index (χ4v) is 5.72. The van der Waals surface area contributed by atoms with Gasteiger partial charge in [0.1, 0.15) is 0 Å². The number of anilines is 1. The van der Waals surface area contributed by atoms with Gasteiger partial charge >= 0.3 is 0 Å². The maximum atomic E-state index is 12.8. The van der Waals surface area contributed by atoms with Crippen molar-refractivity contribution in [2.24, 2.45) is 0 Å². The zero-order valence-electron chi connectivity index (χ0n) is 21.8. The summed E-state index contributed by atoms with van der Waals surface area (Å²) < 4.78 is 27.0. The Labute approximate surface area is 228 Å². The SMILES string of the molecule is Cc1ccc(C(=O)Nc2ccc(C(=O)NCCNC(=O)c3ccc(S(=O)(=O)N4CCCCC4)cc3)cc2)cc1. The molecule has 0 unspecified atom stereocenters. The van der Waals surface area contributed by atoms with Gasteiger partial charge in [0.25, 0.3) is 17.7 Å². The van der Waals surface area contributed by atoms with Gasteiger partial charge in [-0.05, 0) is 80.4 Å². The summed E-state index contributed by atoms with van der Waals surface area (Å²) in [5, 5.41) is 8.25. The van der Waals surface area contributed by atoms with Crippen LogP contribution in [0.25, 0.3) is 0 Å². The second-order valence-corrected chi connectivity index (χ2v) is 11.3. The molecule has 1 heterocycles. The van der Waals surface area contributed by atoms with E-state index in [4.69, 9.17) is 0 Å². The molecular weight excluding hydrogens is 516 g/mol. The number of aryl methyl sites for hydroxylation is 1. The van der Waals surface area contributed by atoms with Crippen LogP contribution in [0.4, 0.5) is 5.69 Å².